The summed E-state index contributed by atoms with van der Waals surface area (Å²) in [5.41, 5.74) is 1.76. The number of aryl methyl sites for hydroxylation is 2. The molecule has 0 atom stereocenters. The summed E-state index contributed by atoms with van der Waals surface area (Å²) < 4.78 is 0. The van der Waals surface area contributed by atoms with Crippen molar-refractivity contribution in [1.82, 2.24) is 15.2 Å². The van der Waals surface area contributed by atoms with Crippen molar-refractivity contribution in [2.24, 2.45) is 10.4 Å². The van der Waals surface area contributed by atoms with E-state index in [9.17, 15) is 0 Å². The molecular formula is C16H27IN4S. The summed E-state index contributed by atoms with van der Waals surface area (Å²) in [7, 11) is 0. The van der Waals surface area contributed by atoms with Gasteiger partial charge in [-0.2, -0.15) is 0 Å². The van der Waals surface area contributed by atoms with Gasteiger partial charge in [0.1, 0.15) is 5.01 Å². The van der Waals surface area contributed by atoms with E-state index in [2.05, 4.69) is 36.0 Å². The average Bonchev–Trinajstić information content (AvgIpc) is 2.99. The SMILES string of the molecule is CCNC(=NCc1nc(C)c(C)s1)N1CCC2(CCC2)C1.I. The molecule has 3 rings (SSSR count). The van der Waals surface area contributed by atoms with Crippen LogP contribution in [-0.2, 0) is 6.54 Å². The zero-order chi connectivity index (χ0) is 14.9. The van der Waals surface area contributed by atoms with Gasteiger partial charge < -0.3 is 10.2 Å². The molecule has 1 N–H and O–H groups in total. The molecule has 22 heavy (non-hydrogen) atoms. The van der Waals surface area contributed by atoms with E-state index >= 15 is 0 Å². The average molecular weight is 434 g/mol. The molecule has 1 aliphatic carbocycles. The van der Waals surface area contributed by atoms with Crippen molar-refractivity contribution in [1.29, 1.82) is 0 Å². The molecule has 2 aliphatic rings. The van der Waals surface area contributed by atoms with Crippen LogP contribution in [0, 0.1) is 19.3 Å². The molecule has 124 valence electrons. The lowest BCUT2D eigenvalue weighted by molar-refractivity contribution is 0.151. The molecule has 1 saturated carbocycles. The highest BCUT2D eigenvalue weighted by Gasteiger charge is 2.43. The van der Waals surface area contributed by atoms with E-state index in [1.165, 1.54) is 37.1 Å². The minimum Gasteiger partial charge on any atom is -0.357 e. The van der Waals surface area contributed by atoms with Gasteiger partial charge in [-0.1, -0.05) is 6.42 Å². The van der Waals surface area contributed by atoms with Gasteiger partial charge in [0.2, 0.25) is 0 Å². The highest BCUT2D eigenvalue weighted by Crippen LogP contribution is 2.47. The van der Waals surface area contributed by atoms with Crippen LogP contribution in [-0.4, -0.2) is 35.5 Å². The number of aromatic nitrogens is 1. The summed E-state index contributed by atoms with van der Waals surface area (Å²) in [5, 5.41) is 4.58. The van der Waals surface area contributed by atoms with Crippen molar-refractivity contribution < 1.29 is 0 Å². The van der Waals surface area contributed by atoms with Gasteiger partial charge in [0.05, 0.1) is 12.2 Å². The zero-order valence-corrected chi connectivity index (χ0v) is 17.0. The topological polar surface area (TPSA) is 40.5 Å². The highest BCUT2D eigenvalue weighted by molar-refractivity contribution is 14.0. The Morgan fingerprint density at radius 3 is 2.64 bits per heavy atom. The van der Waals surface area contributed by atoms with Gasteiger partial charge in [0.15, 0.2) is 5.96 Å². The van der Waals surface area contributed by atoms with E-state index in [1.807, 2.05) is 0 Å². The second-order valence-electron chi connectivity index (χ2n) is 6.44. The van der Waals surface area contributed by atoms with Gasteiger partial charge in [-0.25, -0.2) is 9.98 Å². The Labute approximate surface area is 154 Å². The quantitative estimate of drug-likeness (QED) is 0.448. The van der Waals surface area contributed by atoms with Gasteiger partial charge in [0, 0.05) is 24.5 Å². The summed E-state index contributed by atoms with van der Waals surface area (Å²) in [6.07, 6.45) is 5.58. The van der Waals surface area contributed by atoms with Gasteiger partial charge >= 0.3 is 0 Å². The molecule has 6 heteroatoms. The number of aliphatic imine (C=N–C) groups is 1. The van der Waals surface area contributed by atoms with Crippen LogP contribution in [0.4, 0.5) is 0 Å². The van der Waals surface area contributed by atoms with E-state index < -0.39 is 0 Å². The number of halogens is 1. The summed E-state index contributed by atoms with van der Waals surface area (Å²) >= 11 is 1.77. The molecule has 0 radical (unpaired) electrons. The monoisotopic (exact) mass is 434 g/mol. The molecule has 1 aliphatic heterocycles. The van der Waals surface area contributed by atoms with Crippen molar-refractivity contribution in [2.45, 2.75) is 53.0 Å². The molecule has 4 nitrogen and oxygen atoms in total. The molecule has 2 fully saturated rings. The van der Waals surface area contributed by atoms with Crippen molar-refractivity contribution in [2.75, 3.05) is 19.6 Å². The van der Waals surface area contributed by atoms with Crippen LogP contribution in [0.2, 0.25) is 0 Å². The normalized spacial score (nSPS) is 20.0. The Kier molecular flexibility index (Phi) is 6.10. The first-order chi connectivity index (χ1) is 10.1. The Hall–Kier alpha value is -0.370. The van der Waals surface area contributed by atoms with Gasteiger partial charge in [-0.15, -0.1) is 35.3 Å². The highest BCUT2D eigenvalue weighted by atomic mass is 127. The first-order valence-electron chi connectivity index (χ1n) is 8.08. The molecule has 2 heterocycles. The van der Waals surface area contributed by atoms with Gasteiger partial charge in [0.25, 0.3) is 0 Å². The Balaban J connectivity index is 0.00000176. The third-order valence-corrected chi connectivity index (χ3v) is 5.98. The molecular weight excluding hydrogens is 407 g/mol. The third kappa shape index (κ3) is 3.75. The predicted octanol–water partition coefficient (Wildman–Crippen LogP) is 3.72. The number of likely N-dealkylation sites (tertiary alicyclic amines) is 1. The lowest BCUT2D eigenvalue weighted by atomic mass is 9.68. The molecule has 1 aromatic heterocycles. The summed E-state index contributed by atoms with van der Waals surface area (Å²) in [4.78, 5) is 13.2. The number of rotatable bonds is 3. The van der Waals surface area contributed by atoms with Crippen LogP contribution in [0.15, 0.2) is 4.99 Å². The van der Waals surface area contributed by atoms with Crippen LogP contribution in [0.1, 0.15) is 48.2 Å². The fourth-order valence-corrected chi connectivity index (χ4v) is 4.23. The smallest absolute Gasteiger partial charge is 0.194 e. The molecule has 1 spiro atoms. The molecule has 0 bridgehead atoms. The Morgan fingerprint density at radius 1 is 1.36 bits per heavy atom. The van der Waals surface area contributed by atoms with E-state index in [0.29, 0.717) is 12.0 Å². The molecule has 0 aromatic carbocycles. The van der Waals surface area contributed by atoms with Crippen LogP contribution in [0.5, 0.6) is 0 Å². The number of nitrogens with one attached hydrogen (secondary N) is 1. The van der Waals surface area contributed by atoms with E-state index in [4.69, 9.17) is 4.99 Å². The van der Waals surface area contributed by atoms with Crippen molar-refractivity contribution in [3.8, 4) is 0 Å². The Morgan fingerprint density at radius 2 is 2.14 bits per heavy atom. The number of hydrogen-bond donors (Lipinski definition) is 1. The van der Waals surface area contributed by atoms with Crippen LogP contribution in [0.25, 0.3) is 0 Å². The largest absolute Gasteiger partial charge is 0.357 e. The predicted molar refractivity (Wildman–Crippen MR) is 104 cm³/mol. The maximum absolute atomic E-state index is 4.82. The third-order valence-electron chi connectivity index (χ3n) is 4.92. The number of nitrogens with zero attached hydrogens (tertiary/aromatic N) is 3. The minimum absolute atomic E-state index is 0. The van der Waals surface area contributed by atoms with E-state index in [1.54, 1.807) is 11.3 Å². The maximum Gasteiger partial charge on any atom is 0.194 e. The van der Waals surface area contributed by atoms with Crippen LogP contribution < -0.4 is 5.32 Å². The zero-order valence-electron chi connectivity index (χ0n) is 13.8. The summed E-state index contributed by atoms with van der Waals surface area (Å²) in [6.45, 7) is 10.3. The number of thiazole rings is 1. The minimum atomic E-state index is 0. The standard InChI is InChI=1S/C16H26N4S.HI/c1-4-17-15(18-10-14-19-12(2)13(3)21-14)20-9-8-16(11-20)6-5-7-16;/h4-11H2,1-3H3,(H,17,18);1H. The number of guanidine groups is 1. The second kappa shape index (κ2) is 7.47. The van der Waals surface area contributed by atoms with Crippen LogP contribution in [0.3, 0.4) is 0 Å². The van der Waals surface area contributed by atoms with Gasteiger partial charge in [-0.05, 0) is 45.4 Å². The van der Waals surface area contributed by atoms with E-state index in [-0.39, 0.29) is 24.0 Å². The molecule has 1 aromatic rings. The molecule has 0 unspecified atom stereocenters. The second-order valence-corrected chi connectivity index (χ2v) is 7.73. The fraction of sp³-hybridized carbons (Fsp3) is 0.750. The van der Waals surface area contributed by atoms with Crippen molar-refractivity contribution >= 4 is 41.3 Å². The first-order valence-corrected chi connectivity index (χ1v) is 8.90. The van der Waals surface area contributed by atoms with Gasteiger partial charge in [-0.3, -0.25) is 0 Å². The summed E-state index contributed by atoms with van der Waals surface area (Å²) in [5.74, 6) is 1.08. The number of hydrogen-bond acceptors (Lipinski definition) is 3. The fourth-order valence-electron chi connectivity index (χ4n) is 3.38. The van der Waals surface area contributed by atoms with Crippen LogP contribution >= 0.6 is 35.3 Å². The molecule has 1 saturated heterocycles. The lowest BCUT2D eigenvalue weighted by Gasteiger charge is -2.38. The van der Waals surface area contributed by atoms with E-state index in [0.717, 1.165) is 29.8 Å². The Bertz CT molecular complexity index is 517. The lowest BCUT2D eigenvalue weighted by Crippen LogP contribution is -2.42. The summed E-state index contributed by atoms with van der Waals surface area (Å²) in [6, 6.07) is 0. The first kappa shape index (κ1) is 18.0. The molecule has 0 amide bonds. The van der Waals surface area contributed by atoms with Crippen molar-refractivity contribution in [3.63, 3.8) is 0 Å². The van der Waals surface area contributed by atoms with Crippen molar-refractivity contribution in [3.05, 3.63) is 15.6 Å². The maximum atomic E-state index is 4.82.